The van der Waals surface area contributed by atoms with Gasteiger partial charge in [0.15, 0.2) is 0 Å². The van der Waals surface area contributed by atoms with Gasteiger partial charge in [-0.05, 0) is 40.7 Å². The molecule has 0 aliphatic rings. The number of hydrogen-bond donors (Lipinski definition) is 1. The van der Waals surface area contributed by atoms with E-state index in [1.54, 1.807) is 18.0 Å². The van der Waals surface area contributed by atoms with Crippen molar-refractivity contribution >= 4 is 28.2 Å². The normalized spacial score (nSPS) is 12.4. The summed E-state index contributed by atoms with van der Waals surface area (Å²) in [5, 5.41) is 10.8. The molecule has 1 aromatic carbocycles. The Morgan fingerprint density at radius 2 is 1.62 bits per heavy atom. The molecule has 0 radical (unpaired) electrons. The fourth-order valence-electron chi connectivity index (χ4n) is 2.51. The van der Waals surface area contributed by atoms with Crippen LogP contribution in [0.3, 0.4) is 0 Å². The molecular formula is C20H26O2S2. The predicted molar refractivity (Wildman–Crippen MR) is 107 cm³/mol. The highest BCUT2D eigenvalue weighted by Crippen LogP contribution is 2.40. The summed E-state index contributed by atoms with van der Waals surface area (Å²) in [6, 6.07) is 7.90. The summed E-state index contributed by atoms with van der Waals surface area (Å²) >= 11 is 7.23. The second kappa shape index (κ2) is 6.93. The van der Waals surface area contributed by atoms with Crippen LogP contribution in [0, 0.1) is 0 Å². The molecule has 0 spiro atoms. The molecule has 0 unspecified atom stereocenters. The first kappa shape index (κ1) is 19.1. The van der Waals surface area contributed by atoms with Gasteiger partial charge in [-0.2, -0.15) is 0 Å². The zero-order valence-corrected chi connectivity index (χ0v) is 16.9. The fraction of sp³-hybridized carbons (Fsp3) is 0.450. The molecule has 0 atom stereocenters. The molecule has 0 saturated heterocycles. The minimum atomic E-state index is -0.151. The van der Waals surface area contributed by atoms with Gasteiger partial charge >= 0.3 is 0 Å². The highest BCUT2D eigenvalue weighted by atomic mass is 32.2. The van der Waals surface area contributed by atoms with E-state index in [2.05, 4.69) is 41.5 Å². The molecule has 2 aromatic rings. The van der Waals surface area contributed by atoms with Gasteiger partial charge in [0.2, 0.25) is 0 Å². The lowest BCUT2D eigenvalue weighted by Gasteiger charge is -2.28. The minimum Gasteiger partial charge on any atom is -0.507 e. The summed E-state index contributed by atoms with van der Waals surface area (Å²) in [7, 11) is 0. The summed E-state index contributed by atoms with van der Waals surface area (Å²) in [6.45, 7) is 12.7. The Labute approximate surface area is 154 Å². The summed E-state index contributed by atoms with van der Waals surface area (Å²) in [5.74, 6) is 2.01. The van der Waals surface area contributed by atoms with Crippen LogP contribution in [0.15, 0.2) is 34.9 Å². The number of furan rings is 1. The largest absolute Gasteiger partial charge is 0.507 e. The van der Waals surface area contributed by atoms with Gasteiger partial charge < -0.3 is 9.52 Å². The molecule has 0 bridgehead atoms. The number of rotatable bonds is 3. The first-order chi connectivity index (χ1) is 11.0. The first-order valence-electron chi connectivity index (χ1n) is 8.07. The minimum absolute atomic E-state index is 0.151. The lowest BCUT2D eigenvalue weighted by atomic mass is 9.78. The van der Waals surface area contributed by atoms with Gasteiger partial charge in [0.25, 0.3) is 0 Å². The first-order valence-corrected chi connectivity index (χ1v) is 9.47. The highest BCUT2D eigenvalue weighted by molar-refractivity contribution is 8.23. The maximum Gasteiger partial charge on any atom is 0.123 e. The van der Waals surface area contributed by atoms with Gasteiger partial charge in [0.1, 0.15) is 11.5 Å². The van der Waals surface area contributed by atoms with E-state index in [0.717, 1.165) is 26.6 Å². The van der Waals surface area contributed by atoms with Crippen LogP contribution in [0.25, 0.3) is 0 Å². The van der Waals surface area contributed by atoms with Crippen molar-refractivity contribution in [2.75, 3.05) is 0 Å². The molecule has 1 N–H and O–H groups in total. The van der Waals surface area contributed by atoms with Gasteiger partial charge in [-0.1, -0.05) is 53.8 Å². The van der Waals surface area contributed by atoms with Gasteiger partial charge in [-0.15, -0.1) is 11.8 Å². The Morgan fingerprint density at radius 3 is 2.04 bits per heavy atom. The van der Waals surface area contributed by atoms with E-state index in [1.807, 2.05) is 24.3 Å². The van der Waals surface area contributed by atoms with Gasteiger partial charge in [-0.3, -0.25) is 0 Å². The van der Waals surface area contributed by atoms with Crippen molar-refractivity contribution in [1.29, 1.82) is 0 Å². The van der Waals surface area contributed by atoms with E-state index < -0.39 is 0 Å². The average molecular weight is 363 g/mol. The Hall–Kier alpha value is -1.26. The molecule has 2 nitrogen and oxygen atoms in total. The number of benzene rings is 1. The fourth-order valence-corrected chi connectivity index (χ4v) is 3.53. The van der Waals surface area contributed by atoms with E-state index in [-0.39, 0.29) is 10.8 Å². The van der Waals surface area contributed by atoms with Crippen molar-refractivity contribution in [2.45, 2.75) is 58.1 Å². The highest BCUT2D eigenvalue weighted by Gasteiger charge is 2.27. The molecule has 1 heterocycles. The third-order valence-electron chi connectivity index (χ3n) is 3.89. The van der Waals surface area contributed by atoms with Crippen LogP contribution in [0.1, 0.15) is 64.0 Å². The topological polar surface area (TPSA) is 33.4 Å². The molecule has 0 fully saturated rings. The molecule has 0 amide bonds. The Balaban J connectivity index is 2.40. The molecule has 2 rings (SSSR count). The molecule has 0 aliphatic heterocycles. The molecule has 24 heavy (non-hydrogen) atoms. The van der Waals surface area contributed by atoms with Gasteiger partial charge in [0, 0.05) is 11.1 Å². The summed E-state index contributed by atoms with van der Waals surface area (Å²) in [4.78, 5) is 0. The summed E-state index contributed by atoms with van der Waals surface area (Å²) in [6.07, 6.45) is 1.68. The van der Waals surface area contributed by atoms with Crippen molar-refractivity contribution in [3.8, 4) is 5.75 Å². The van der Waals surface area contributed by atoms with E-state index in [0.29, 0.717) is 11.5 Å². The van der Waals surface area contributed by atoms with Crippen molar-refractivity contribution in [1.82, 2.24) is 0 Å². The molecule has 130 valence electrons. The van der Waals surface area contributed by atoms with Crippen LogP contribution in [-0.2, 0) is 16.6 Å². The summed E-state index contributed by atoms with van der Waals surface area (Å²) < 4.78 is 6.20. The second-order valence-electron chi connectivity index (χ2n) is 8.08. The van der Waals surface area contributed by atoms with Crippen LogP contribution < -0.4 is 0 Å². The van der Waals surface area contributed by atoms with Crippen molar-refractivity contribution in [2.24, 2.45) is 0 Å². The van der Waals surface area contributed by atoms with Crippen molar-refractivity contribution < 1.29 is 9.52 Å². The number of hydrogen-bond acceptors (Lipinski definition) is 4. The van der Waals surface area contributed by atoms with E-state index >= 15 is 0 Å². The summed E-state index contributed by atoms with van der Waals surface area (Å²) in [5.41, 5.74) is 2.56. The van der Waals surface area contributed by atoms with Gasteiger partial charge in [-0.25, -0.2) is 0 Å². The van der Waals surface area contributed by atoms with Gasteiger partial charge in [0.05, 0.1) is 16.2 Å². The lowest BCUT2D eigenvalue weighted by molar-refractivity contribution is 0.423. The zero-order valence-electron chi connectivity index (χ0n) is 15.3. The average Bonchev–Trinajstić information content (AvgIpc) is 2.95. The Kier molecular flexibility index (Phi) is 5.50. The number of thiocarbonyl (C=S) groups is 1. The number of phenols is 1. The molecule has 1 aromatic heterocycles. The number of phenolic OH excluding ortho intramolecular Hbond substituents is 1. The number of thioether (sulfide) groups is 1. The van der Waals surface area contributed by atoms with Crippen LogP contribution >= 0.6 is 24.0 Å². The monoisotopic (exact) mass is 362 g/mol. The van der Waals surface area contributed by atoms with E-state index in [9.17, 15) is 5.11 Å². The smallest absolute Gasteiger partial charge is 0.123 e. The molecular weight excluding hydrogens is 336 g/mol. The van der Waals surface area contributed by atoms with Crippen LogP contribution in [0.5, 0.6) is 5.75 Å². The van der Waals surface area contributed by atoms with Crippen LogP contribution in [-0.4, -0.2) is 9.30 Å². The maximum atomic E-state index is 10.8. The Bertz CT molecular complexity index is 682. The molecule has 0 aliphatic carbocycles. The SMILES string of the molecule is CC(C)(C)c1cc(C(=S)SCc2ccco2)cc(C(C)(C)C)c1O. The standard InChI is InChI=1S/C20H26O2S2/c1-19(2,3)15-10-13(11-16(17(15)21)20(4,5)6)18(23)24-12-14-8-7-9-22-14/h7-11,21H,12H2,1-6H3. The number of aromatic hydroxyl groups is 1. The van der Waals surface area contributed by atoms with Crippen LogP contribution in [0.4, 0.5) is 0 Å². The van der Waals surface area contributed by atoms with E-state index in [4.69, 9.17) is 16.6 Å². The zero-order chi connectivity index (χ0) is 18.1. The quantitative estimate of drug-likeness (QED) is 0.660. The molecule has 0 saturated carbocycles. The predicted octanol–water partition coefficient (Wildman–Crippen LogP) is 6.19. The van der Waals surface area contributed by atoms with Crippen molar-refractivity contribution in [3.05, 3.63) is 53.0 Å². The second-order valence-corrected chi connectivity index (χ2v) is 9.73. The molecule has 4 heteroatoms. The van der Waals surface area contributed by atoms with E-state index in [1.165, 1.54) is 0 Å². The van der Waals surface area contributed by atoms with Crippen molar-refractivity contribution in [3.63, 3.8) is 0 Å². The Morgan fingerprint density at radius 1 is 1.08 bits per heavy atom. The van der Waals surface area contributed by atoms with Crippen LogP contribution in [0.2, 0.25) is 0 Å². The maximum absolute atomic E-state index is 10.8. The third kappa shape index (κ3) is 4.42. The third-order valence-corrected chi connectivity index (χ3v) is 5.40. The lowest BCUT2D eigenvalue weighted by Crippen LogP contribution is -2.18.